The molecule has 22 heavy (non-hydrogen) atoms. The molecule has 0 nitrogen and oxygen atoms in total. The van der Waals surface area contributed by atoms with Crippen LogP contribution in [0, 0.1) is 0 Å². The second-order valence-corrected chi connectivity index (χ2v) is 7.72. The zero-order chi connectivity index (χ0) is 15.0. The van der Waals surface area contributed by atoms with Crippen molar-refractivity contribution in [3.8, 4) is 0 Å². The molecule has 0 spiro atoms. The van der Waals surface area contributed by atoms with E-state index in [4.69, 9.17) is 0 Å². The molecule has 0 radical (unpaired) electrons. The highest BCUT2D eigenvalue weighted by atomic mass is 31.1. The van der Waals surface area contributed by atoms with Crippen LogP contribution in [0.4, 0.5) is 0 Å². The van der Waals surface area contributed by atoms with Gasteiger partial charge in [0.15, 0.2) is 0 Å². The third-order valence-electron chi connectivity index (χ3n) is 3.58. The van der Waals surface area contributed by atoms with Gasteiger partial charge in [-0.15, -0.1) is 0 Å². The first-order valence-electron chi connectivity index (χ1n) is 7.56. The SMILES string of the molecule is c1ccc(CPc2ccccc2PCc2ccccc2)cc1. The average Bonchev–Trinajstić information content (AvgIpc) is 2.61. The largest absolute Gasteiger partial charge is 0.0852 e. The summed E-state index contributed by atoms with van der Waals surface area (Å²) in [5, 5.41) is 3.06. The fourth-order valence-corrected chi connectivity index (χ4v) is 5.14. The van der Waals surface area contributed by atoms with Crippen LogP contribution in [0.5, 0.6) is 0 Å². The van der Waals surface area contributed by atoms with Crippen LogP contribution >= 0.6 is 17.2 Å². The van der Waals surface area contributed by atoms with Gasteiger partial charge >= 0.3 is 0 Å². The summed E-state index contributed by atoms with van der Waals surface area (Å²) in [6.07, 6.45) is 2.29. The van der Waals surface area contributed by atoms with Crippen LogP contribution < -0.4 is 10.6 Å². The van der Waals surface area contributed by atoms with Gasteiger partial charge in [0, 0.05) is 0 Å². The van der Waals surface area contributed by atoms with Gasteiger partial charge in [-0.1, -0.05) is 102 Å². The molecule has 3 aromatic rings. The van der Waals surface area contributed by atoms with E-state index in [0.29, 0.717) is 0 Å². The molecule has 0 saturated carbocycles. The van der Waals surface area contributed by atoms with E-state index in [9.17, 15) is 0 Å². The molecule has 0 amide bonds. The van der Waals surface area contributed by atoms with Crippen molar-refractivity contribution in [2.45, 2.75) is 12.3 Å². The van der Waals surface area contributed by atoms with Crippen molar-refractivity contribution >= 4 is 27.8 Å². The number of hydrogen-bond acceptors (Lipinski definition) is 0. The van der Waals surface area contributed by atoms with Crippen LogP contribution in [-0.2, 0) is 12.3 Å². The third kappa shape index (κ3) is 4.51. The molecule has 0 N–H and O–H groups in total. The van der Waals surface area contributed by atoms with E-state index < -0.39 is 0 Å². The Bertz CT molecular complexity index is 631. The molecule has 0 heterocycles. The lowest BCUT2D eigenvalue weighted by atomic mass is 10.2. The van der Waals surface area contributed by atoms with E-state index in [-0.39, 0.29) is 0 Å². The Balaban J connectivity index is 1.65. The summed E-state index contributed by atoms with van der Waals surface area (Å²) in [7, 11) is 1.71. The van der Waals surface area contributed by atoms with Gasteiger partial charge in [0.25, 0.3) is 0 Å². The Morgan fingerprint density at radius 2 is 0.818 bits per heavy atom. The third-order valence-corrected chi connectivity index (χ3v) is 6.63. The number of hydrogen-bond donors (Lipinski definition) is 0. The summed E-state index contributed by atoms with van der Waals surface area (Å²) in [5.74, 6) is 0. The molecular weight excluding hydrogens is 302 g/mol. The summed E-state index contributed by atoms with van der Waals surface area (Å²) >= 11 is 0. The Kier molecular flexibility index (Phi) is 5.77. The van der Waals surface area contributed by atoms with Gasteiger partial charge in [0.05, 0.1) is 0 Å². The van der Waals surface area contributed by atoms with Crippen LogP contribution in [0.3, 0.4) is 0 Å². The lowest BCUT2D eigenvalue weighted by Crippen LogP contribution is -2.15. The second kappa shape index (κ2) is 8.23. The van der Waals surface area contributed by atoms with Crippen molar-refractivity contribution in [2.24, 2.45) is 0 Å². The zero-order valence-corrected chi connectivity index (χ0v) is 14.5. The van der Waals surface area contributed by atoms with Crippen molar-refractivity contribution in [3.63, 3.8) is 0 Å². The monoisotopic (exact) mass is 322 g/mol. The first-order chi connectivity index (χ1) is 10.9. The normalized spacial score (nSPS) is 11.6. The molecule has 3 rings (SSSR count). The van der Waals surface area contributed by atoms with Crippen molar-refractivity contribution in [3.05, 3.63) is 96.1 Å². The highest BCUT2D eigenvalue weighted by Crippen LogP contribution is 2.23. The molecule has 2 unspecified atom stereocenters. The van der Waals surface area contributed by atoms with Crippen LogP contribution in [-0.4, -0.2) is 0 Å². The maximum absolute atomic E-state index is 2.30. The van der Waals surface area contributed by atoms with Gasteiger partial charge in [-0.3, -0.25) is 0 Å². The van der Waals surface area contributed by atoms with Crippen molar-refractivity contribution < 1.29 is 0 Å². The quantitative estimate of drug-likeness (QED) is 0.577. The standard InChI is InChI=1S/C20H20P2/c1-3-9-17(10-4-1)15-21-19-13-7-8-14-20(19)22-16-18-11-5-2-6-12-18/h1-14,21-22H,15-16H2. The van der Waals surface area contributed by atoms with Gasteiger partial charge in [-0.25, -0.2) is 0 Å². The summed E-state index contributed by atoms with van der Waals surface area (Å²) in [5.41, 5.74) is 2.86. The van der Waals surface area contributed by atoms with Crippen molar-refractivity contribution in [1.29, 1.82) is 0 Å². The molecule has 0 aliphatic rings. The maximum Gasteiger partial charge on any atom is -0.00600 e. The Morgan fingerprint density at radius 1 is 0.455 bits per heavy atom. The van der Waals surface area contributed by atoms with Gasteiger partial charge in [-0.2, -0.15) is 0 Å². The van der Waals surface area contributed by atoms with Crippen LogP contribution in [0.15, 0.2) is 84.9 Å². The molecule has 2 atom stereocenters. The Hall–Kier alpha value is -1.48. The van der Waals surface area contributed by atoms with Gasteiger partial charge in [0.1, 0.15) is 0 Å². The summed E-state index contributed by atoms with van der Waals surface area (Å²) < 4.78 is 0. The summed E-state index contributed by atoms with van der Waals surface area (Å²) in [6, 6.07) is 30.5. The van der Waals surface area contributed by atoms with Crippen LogP contribution in [0.25, 0.3) is 0 Å². The van der Waals surface area contributed by atoms with Crippen LogP contribution in [0.2, 0.25) is 0 Å². The van der Waals surface area contributed by atoms with Crippen molar-refractivity contribution in [1.82, 2.24) is 0 Å². The Morgan fingerprint density at radius 3 is 1.23 bits per heavy atom. The minimum atomic E-state index is 0.855. The van der Waals surface area contributed by atoms with E-state index in [0.717, 1.165) is 29.5 Å². The predicted octanol–water partition coefficient (Wildman–Crippen LogP) is 4.69. The topological polar surface area (TPSA) is 0 Å². The smallest absolute Gasteiger partial charge is 0.00600 e. The fourth-order valence-electron chi connectivity index (χ4n) is 2.38. The number of benzene rings is 3. The lowest BCUT2D eigenvalue weighted by molar-refractivity contribution is 1.41. The molecule has 0 saturated heterocycles. The molecule has 2 heteroatoms. The number of rotatable bonds is 6. The first kappa shape index (κ1) is 15.4. The molecule has 110 valence electrons. The van der Waals surface area contributed by atoms with Gasteiger partial charge in [-0.05, 0) is 34.1 Å². The first-order valence-corrected chi connectivity index (χ1v) is 9.98. The maximum atomic E-state index is 2.30. The van der Waals surface area contributed by atoms with E-state index in [1.165, 1.54) is 21.7 Å². The molecule has 0 fully saturated rings. The molecule has 3 aromatic carbocycles. The van der Waals surface area contributed by atoms with E-state index in [2.05, 4.69) is 84.9 Å². The molecular formula is C20H20P2. The molecule has 0 aliphatic heterocycles. The predicted molar refractivity (Wildman–Crippen MR) is 103 cm³/mol. The average molecular weight is 322 g/mol. The van der Waals surface area contributed by atoms with Crippen molar-refractivity contribution in [2.75, 3.05) is 0 Å². The second-order valence-electron chi connectivity index (χ2n) is 5.22. The van der Waals surface area contributed by atoms with Gasteiger partial charge in [0.2, 0.25) is 0 Å². The van der Waals surface area contributed by atoms with Crippen LogP contribution in [0.1, 0.15) is 11.1 Å². The van der Waals surface area contributed by atoms with E-state index in [1.54, 1.807) is 0 Å². The van der Waals surface area contributed by atoms with E-state index >= 15 is 0 Å². The minimum absolute atomic E-state index is 0.855. The minimum Gasteiger partial charge on any atom is -0.0852 e. The Labute approximate surface area is 136 Å². The highest BCUT2D eigenvalue weighted by Gasteiger charge is 2.03. The molecule has 0 aliphatic carbocycles. The summed E-state index contributed by atoms with van der Waals surface area (Å²) in [4.78, 5) is 0. The molecule has 0 bridgehead atoms. The lowest BCUT2D eigenvalue weighted by Gasteiger charge is -2.10. The zero-order valence-electron chi connectivity index (χ0n) is 12.5. The molecule has 0 aromatic heterocycles. The fraction of sp³-hybridized carbons (Fsp3) is 0.100. The highest BCUT2D eigenvalue weighted by molar-refractivity contribution is 7.53. The summed E-state index contributed by atoms with van der Waals surface area (Å²) in [6.45, 7) is 0. The van der Waals surface area contributed by atoms with Gasteiger partial charge < -0.3 is 0 Å². The van der Waals surface area contributed by atoms with E-state index in [1.807, 2.05) is 0 Å².